The van der Waals surface area contributed by atoms with Crippen LogP contribution in [-0.2, 0) is 11.3 Å². The highest BCUT2D eigenvalue weighted by atomic mass is 16.4. The molecule has 0 aromatic carbocycles. The maximum atomic E-state index is 11.6. The van der Waals surface area contributed by atoms with E-state index in [0.29, 0.717) is 31.4 Å². The average Bonchev–Trinajstić information content (AvgIpc) is 2.89. The Balaban J connectivity index is 2.46. The fourth-order valence-electron chi connectivity index (χ4n) is 1.75. The Morgan fingerprint density at radius 1 is 1.52 bits per heavy atom. The Morgan fingerprint density at radius 2 is 2.29 bits per heavy atom. The first kappa shape index (κ1) is 17.1. The molecular formula is C11H19BN6O3. The lowest BCUT2D eigenvalue weighted by atomic mass is 9.83. The highest BCUT2D eigenvalue weighted by Crippen LogP contribution is 2.14. The summed E-state index contributed by atoms with van der Waals surface area (Å²) in [6.45, 7) is 0.0961. The van der Waals surface area contributed by atoms with Crippen LogP contribution in [0.4, 0.5) is 0 Å². The number of tetrazole rings is 1. The van der Waals surface area contributed by atoms with Crippen LogP contribution >= 0.6 is 0 Å². The van der Waals surface area contributed by atoms with Crippen molar-refractivity contribution in [1.29, 1.82) is 0 Å². The van der Waals surface area contributed by atoms with Crippen molar-refractivity contribution in [2.45, 2.75) is 38.2 Å². The molecule has 1 heterocycles. The monoisotopic (exact) mass is 294 g/mol. The first-order valence-corrected chi connectivity index (χ1v) is 6.62. The van der Waals surface area contributed by atoms with Crippen LogP contribution in [0.5, 0.6) is 0 Å². The van der Waals surface area contributed by atoms with Crippen molar-refractivity contribution in [3.8, 4) is 12.3 Å². The molecule has 114 valence electrons. The van der Waals surface area contributed by atoms with Gasteiger partial charge in [0.25, 0.3) is 0 Å². The number of hydrogen-bond acceptors (Lipinski definition) is 7. The van der Waals surface area contributed by atoms with Gasteiger partial charge in [-0.1, -0.05) is 18.8 Å². The van der Waals surface area contributed by atoms with Crippen LogP contribution in [0.3, 0.4) is 0 Å². The second kappa shape index (κ2) is 9.07. The molecule has 1 unspecified atom stereocenters. The molecule has 1 aromatic rings. The molecule has 0 aliphatic carbocycles. The third-order valence-electron chi connectivity index (χ3n) is 2.80. The molecule has 1 aromatic heterocycles. The van der Waals surface area contributed by atoms with Gasteiger partial charge in [0.2, 0.25) is 5.91 Å². The summed E-state index contributed by atoms with van der Waals surface area (Å²) in [6.07, 6.45) is 7.27. The quantitative estimate of drug-likeness (QED) is 0.236. The Bertz CT molecular complexity index is 487. The number of rotatable bonds is 9. The standard InChI is InChI=1S/C11H19BN6O3/c1-2-7-14-10(19)8-18-11(15-16-17-18)9(13)5-3-4-6-12(20)21/h1,9,20-21H,3-8,13H2,(H,14,19). The average molecular weight is 294 g/mol. The predicted octanol–water partition coefficient (Wildman–Crippen LogP) is -1.93. The molecule has 0 saturated carbocycles. The molecule has 9 nitrogen and oxygen atoms in total. The Hall–Kier alpha value is -1.96. The van der Waals surface area contributed by atoms with Crippen molar-refractivity contribution in [2.75, 3.05) is 6.54 Å². The molecule has 21 heavy (non-hydrogen) atoms. The van der Waals surface area contributed by atoms with Crippen molar-refractivity contribution in [3.05, 3.63) is 5.82 Å². The lowest BCUT2D eigenvalue weighted by molar-refractivity contribution is -0.121. The smallest absolute Gasteiger partial charge is 0.427 e. The first-order chi connectivity index (χ1) is 10.0. The SMILES string of the molecule is C#CCNC(=O)Cn1nnnc1C(N)CCCCB(O)O. The first-order valence-electron chi connectivity index (χ1n) is 6.62. The lowest BCUT2D eigenvalue weighted by Gasteiger charge is -2.11. The summed E-state index contributed by atoms with van der Waals surface area (Å²) in [7, 11) is -1.30. The highest BCUT2D eigenvalue weighted by Gasteiger charge is 2.17. The summed E-state index contributed by atoms with van der Waals surface area (Å²) >= 11 is 0. The van der Waals surface area contributed by atoms with Gasteiger partial charge in [0.1, 0.15) is 6.54 Å². The molecule has 0 spiro atoms. The third-order valence-corrected chi connectivity index (χ3v) is 2.80. The number of aromatic nitrogens is 4. The molecule has 0 fully saturated rings. The van der Waals surface area contributed by atoms with Crippen LogP contribution in [0.1, 0.15) is 31.1 Å². The zero-order chi connectivity index (χ0) is 15.7. The van der Waals surface area contributed by atoms with E-state index in [2.05, 4.69) is 26.8 Å². The van der Waals surface area contributed by atoms with E-state index in [1.54, 1.807) is 0 Å². The van der Waals surface area contributed by atoms with Crippen molar-refractivity contribution >= 4 is 13.0 Å². The topological polar surface area (TPSA) is 139 Å². The van der Waals surface area contributed by atoms with Gasteiger partial charge in [-0.2, -0.15) is 0 Å². The van der Waals surface area contributed by atoms with Gasteiger partial charge in [-0.25, -0.2) is 4.68 Å². The second-order valence-electron chi connectivity index (χ2n) is 4.55. The van der Waals surface area contributed by atoms with Gasteiger partial charge in [-0.3, -0.25) is 4.79 Å². The highest BCUT2D eigenvalue weighted by molar-refractivity contribution is 6.40. The summed E-state index contributed by atoms with van der Waals surface area (Å²) in [4.78, 5) is 11.6. The van der Waals surface area contributed by atoms with Crippen molar-refractivity contribution in [1.82, 2.24) is 25.5 Å². The summed E-state index contributed by atoms with van der Waals surface area (Å²) < 4.78 is 1.33. The zero-order valence-corrected chi connectivity index (χ0v) is 11.6. The maximum Gasteiger partial charge on any atom is 0.451 e. The van der Waals surface area contributed by atoms with E-state index in [4.69, 9.17) is 22.2 Å². The zero-order valence-electron chi connectivity index (χ0n) is 11.6. The van der Waals surface area contributed by atoms with E-state index in [9.17, 15) is 4.79 Å². The Morgan fingerprint density at radius 3 is 2.95 bits per heavy atom. The summed E-state index contributed by atoms with van der Waals surface area (Å²) in [5.41, 5.74) is 5.98. The van der Waals surface area contributed by atoms with E-state index in [0.717, 1.165) is 0 Å². The van der Waals surface area contributed by atoms with E-state index < -0.39 is 13.2 Å². The third kappa shape index (κ3) is 6.35. The van der Waals surface area contributed by atoms with Gasteiger partial charge in [0.05, 0.1) is 12.6 Å². The van der Waals surface area contributed by atoms with Crippen LogP contribution < -0.4 is 11.1 Å². The van der Waals surface area contributed by atoms with Crippen LogP contribution in [-0.4, -0.2) is 49.8 Å². The number of unbranched alkanes of at least 4 members (excludes halogenated alkanes) is 1. The van der Waals surface area contributed by atoms with Crippen molar-refractivity contribution in [2.24, 2.45) is 5.73 Å². The molecule has 0 aliphatic rings. The van der Waals surface area contributed by atoms with Gasteiger partial charge in [-0.05, 0) is 23.2 Å². The van der Waals surface area contributed by atoms with Gasteiger partial charge in [0, 0.05) is 0 Å². The number of nitrogens with one attached hydrogen (secondary N) is 1. The molecule has 1 atom stereocenters. The molecule has 0 bridgehead atoms. The fourth-order valence-corrected chi connectivity index (χ4v) is 1.75. The maximum absolute atomic E-state index is 11.6. The number of terminal acetylenes is 1. The molecule has 5 N–H and O–H groups in total. The normalized spacial score (nSPS) is 11.7. The lowest BCUT2D eigenvalue weighted by Crippen LogP contribution is -2.30. The number of carbonyl (C=O) groups excluding carboxylic acids is 1. The van der Waals surface area contributed by atoms with E-state index in [1.807, 2.05) is 0 Å². The van der Waals surface area contributed by atoms with Crippen molar-refractivity contribution in [3.63, 3.8) is 0 Å². The van der Waals surface area contributed by atoms with Crippen LogP contribution in [0, 0.1) is 12.3 Å². The molecule has 0 saturated heterocycles. The minimum absolute atomic E-state index is 0.0485. The number of hydrogen-bond donors (Lipinski definition) is 4. The van der Waals surface area contributed by atoms with E-state index in [-0.39, 0.29) is 19.0 Å². The van der Waals surface area contributed by atoms with Gasteiger partial charge < -0.3 is 21.1 Å². The van der Waals surface area contributed by atoms with Gasteiger partial charge in [-0.15, -0.1) is 11.5 Å². The molecule has 1 amide bonds. The Labute approximate surface area is 123 Å². The number of carbonyl (C=O) groups is 1. The number of amides is 1. The predicted molar refractivity (Wildman–Crippen MR) is 75.4 cm³/mol. The van der Waals surface area contributed by atoms with Gasteiger partial charge >= 0.3 is 7.12 Å². The van der Waals surface area contributed by atoms with Crippen LogP contribution in [0.25, 0.3) is 0 Å². The summed E-state index contributed by atoms with van der Waals surface area (Å²) in [5.74, 6) is 2.42. The fraction of sp³-hybridized carbons (Fsp3) is 0.636. The largest absolute Gasteiger partial charge is 0.451 e. The molecular weight excluding hydrogens is 275 g/mol. The van der Waals surface area contributed by atoms with Gasteiger partial charge in [0.15, 0.2) is 5.82 Å². The molecule has 10 heteroatoms. The number of nitrogens with two attached hydrogens (primary N) is 1. The number of nitrogens with zero attached hydrogens (tertiary/aromatic N) is 4. The summed E-state index contributed by atoms with van der Waals surface area (Å²) in [6, 6.07) is -0.420. The molecule has 1 rings (SSSR count). The Kier molecular flexibility index (Phi) is 7.38. The minimum atomic E-state index is -1.30. The molecule has 0 aliphatic heterocycles. The van der Waals surface area contributed by atoms with Crippen molar-refractivity contribution < 1.29 is 14.8 Å². The van der Waals surface area contributed by atoms with Crippen LogP contribution in [0.15, 0.2) is 0 Å². The summed E-state index contributed by atoms with van der Waals surface area (Å²) in [5, 5.41) is 31.1. The second-order valence-corrected chi connectivity index (χ2v) is 4.55. The minimum Gasteiger partial charge on any atom is -0.427 e. The van der Waals surface area contributed by atoms with E-state index >= 15 is 0 Å². The molecule has 0 radical (unpaired) electrons. The van der Waals surface area contributed by atoms with E-state index in [1.165, 1.54) is 4.68 Å². The van der Waals surface area contributed by atoms with Crippen LogP contribution in [0.2, 0.25) is 6.32 Å².